The second kappa shape index (κ2) is 8.73. The zero-order valence-corrected chi connectivity index (χ0v) is 18.0. The van der Waals surface area contributed by atoms with Crippen LogP contribution >= 0.6 is 11.8 Å². The summed E-state index contributed by atoms with van der Waals surface area (Å²) in [5.41, 5.74) is 1.98. The number of amides is 1. The molecular formula is C23H24F4N2OS. The Balaban J connectivity index is 1.37. The number of hydrogen-bond acceptors (Lipinski definition) is 3. The van der Waals surface area contributed by atoms with E-state index in [-0.39, 0.29) is 17.7 Å². The molecule has 166 valence electrons. The lowest BCUT2D eigenvalue weighted by atomic mass is 10.1. The highest BCUT2D eigenvalue weighted by Gasteiger charge is 2.46. The molecule has 31 heavy (non-hydrogen) atoms. The topological polar surface area (TPSA) is 23.6 Å². The Labute approximate surface area is 183 Å². The molecule has 2 atom stereocenters. The highest BCUT2D eigenvalue weighted by Crippen LogP contribution is 2.48. The van der Waals surface area contributed by atoms with E-state index in [4.69, 9.17) is 0 Å². The zero-order chi connectivity index (χ0) is 22.2. The van der Waals surface area contributed by atoms with Gasteiger partial charge in [-0.3, -0.25) is 4.79 Å². The Morgan fingerprint density at radius 2 is 1.77 bits per heavy atom. The fraction of sp³-hybridized carbons (Fsp3) is 0.435. The normalized spacial score (nSPS) is 21.3. The molecule has 0 aromatic heterocycles. The molecule has 2 fully saturated rings. The van der Waals surface area contributed by atoms with Crippen molar-refractivity contribution in [1.82, 2.24) is 4.90 Å². The van der Waals surface area contributed by atoms with Crippen LogP contribution in [0, 0.1) is 18.7 Å². The van der Waals surface area contributed by atoms with E-state index in [1.807, 2.05) is 40.1 Å². The van der Waals surface area contributed by atoms with Gasteiger partial charge in [-0.15, -0.1) is 11.8 Å². The Bertz CT molecular complexity index is 943. The summed E-state index contributed by atoms with van der Waals surface area (Å²) < 4.78 is 52.3. The van der Waals surface area contributed by atoms with Crippen molar-refractivity contribution in [2.24, 2.45) is 5.92 Å². The van der Waals surface area contributed by atoms with Gasteiger partial charge in [-0.25, -0.2) is 4.39 Å². The number of carbonyl (C=O) groups is 1. The minimum atomic E-state index is -4.28. The quantitative estimate of drug-likeness (QED) is 0.458. The average Bonchev–Trinajstić information content (AvgIpc) is 3.54. The lowest BCUT2D eigenvalue weighted by Crippen LogP contribution is -2.49. The maximum Gasteiger partial charge on any atom is 0.398 e. The molecule has 1 amide bonds. The monoisotopic (exact) mass is 452 g/mol. The number of rotatable bonds is 5. The first-order chi connectivity index (χ1) is 14.7. The van der Waals surface area contributed by atoms with Crippen LogP contribution in [-0.4, -0.2) is 48.9 Å². The number of anilines is 1. The first kappa shape index (κ1) is 22.0. The molecule has 8 heteroatoms. The highest BCUT2D eigenvalue weighted by molar-refractivity contribution is 7.99. The van der Waals surface area contributed by atoms with Crippen molar-refractivity contribution in [3.05, 3.63) is 59.4 Å². The Hall–Kier alpha value is -2.22. The first-order valence-corrected chi connectivity index (χ1v) is 11.3. The van der Waals surface area contributed by atoms with Gasteiger partial charge in [0.15, 0.2) is 0 Å². The summed E-state index contributed by atoms with van der Waals surface area (Å²) in [7, 11) is 0. The van der Waals surface area contributed by atoms with Gasteiger partial charge in [0.25, 0.3) is 0 Å². The van der Waals surface area contributed by atoms with Crippen molar-refractivity contribution < 1.29 is 22.4 Å². The smallest absolute Gasteiger partial charge is 0.366 e. The Morgan fingerprint density at radius 3 is 2.42 bits per heavy atom. The molecular weight excluding hydrogens is 428 g/mol. The Kier molecular flexibility index (Phi) is 6.19. The number of hydrogen-bond donors (Lipinski definition) is 0. The SMILES string of the molecule is Cc1cc(F)c(N2CCN(C(=O)C3CC3c3ccccc3)CC2)cc1SCC(F)(F)F. The molecule has 3 nitrogen and oxygen atoms in total. The summed E-state index contributed by atoms with van der Waals surface area (Å²) in [6.45, 7) is 3.49. The third-order valence-electron chi connectivity index (χ3n) is 5.90. The van der Waals surface area contributed by atoms with E-state index in [2.05, 4.69) is 0 Å². The standard InChI is InChI=1S/C23H24F4N2OS/c1-15-11-19(24)20(13-21(15)31-14-23(25,26)27)28-7-9-29(10-8-28)22(30)18-12-17(18)16-5-3-2-4-6-16/h2-6,11,13,17-18H,7-10,12,14H2,1H3. The van der Waals surface area contributed by atoms with E-state index in [1.165, 1.54) is 17.7 Å². The molecule has 2 aromatic rings. The van der Waals surface area contributed by atoms with E-state index in [9.17, 15) is 22.4 Å². The fourth-order valence-electron chi connectivity index (χ4n) is 4.14. The molecule has 0 N–H and O–H groups in total. The van der Waals surface area contributed by atoms with Crippen molar-refractivity contribution in [3.63, 3.8) is 0 Å². The van der Waals surface area contributed by atoms with Crippen LogP contribution in [0.4, 0.5) is 23.2 Å². The Morgan fingerprint density at radius 1 is 1.10 bits per heavy atom. The minimum Gasteiger partial charge on any atom is -0.366 e. The van der Waals surface area contributed by atoms with Crippen molar-refractivity contribution in [1.29, 1.82) is 0 Å². The zero-order valence-electron chi connectivity index (χ0n) is 17.2. The van der Waals surface area contributed by atoms with Gasteiger partial charge in [0, 0.05) is 37.0 Å². The molecule has 2 aliphatic rings. The fourth-order valence-corrected chi connectivity index (χ4v) is 4.94. The molecule has 1 aliphatic carbocycles. The van der Waals surface area contributed by atoms with Gasteiger partial charge in [0.1, 0.15) is 5.82 Å². The van der Waals surface area contributed by atoms with Crippen molar-refractivity contribution in [3.8, 4) is 0 Å². The number of thioether (sulfide) groups is 1. The highest BCUT2D eigenvalue weighted by atomic mass is 32.2. The molecule has 1 aliphatic heterocycles. The maximum atomic E-state index is 14.6. The van der Waals surface area contributed by atoms with Crippen molar-refractivity contribution in [2.45, 2.75) is 30.3 Å². The first-order valence-electron chi connectivity index (χ1n) is 10.3. The summed E-state index contributed by atoms with van der Waals surface area (Å²) >= 11 is 0.674. The summed E-state index contributed by atoms with van der Waals surface area (Å²) in [6.07, 6.45) is -3.42. The van der Waals surface area contributed by atoms with E-state index >= 15 is 0 Å². The van der Waals surface area contributed by atoms with E-state index < -0.39 is 17.7 Å². The lowest BCUT2D eigenvalue weighted by Gasteiger charge is -2.36. The van der Waals surface area contributed by atoms with Crippen LogP contribution in [-0.2, 0) is 4.79 Å². The van der Waals surface area contributed by atoms with Gasteiger partial charge in [0.2, 0.25) is 5.91 Å². The summed E-state index contributed by atoms with van der Waals surface area (Å²) in [5, 5.41) is 0. The van der Waals surface area contributed by atoms with Crippen LogP contribution in [0.5, 0.6) is 0 Å². The molecule has 1 saturated carbocycles. The van der Waals surface area contributed by atoms with Crippen LogP contribution < -0.4 is 4.90 Å². The number of halogens is 4. The van der Waals surface area contributed by atoms with Crippen molar-refractivity contribution in [2.75, 3.05) is 36.8 Å². The lowest BCUT2D eigenvalue weighted by molar-refractivity contribution is -0.133. The molecule has 2 aromatic carbocycles. The van der Waals surface area contributed by atoms with Crippen LogP contribution in [0.1, 0.15) is 23.5 Å². The predicted molar refractivity (Wildman–Crippen MR) is 114 cm³/mol. The molecule has 1 saturated heterocycles. The summed E-state index contributed by atoms with van der Waals surface area (Å²) in [5.74, 6) is -1.03. The van der Waals surface area contributed by atoms with Gasteiger partial charge in [-0.2, -0.15) is 13.2 Å². The van der Waals surface area contributed by atoms with Gasteiger partial charge in [-0.05, 0) is 42.5 Å². The van der Waals surface area contributed by atoms with Crippen LogP contribution in [0.25, 0.3) is 0 Å². The minimum absolute atomic E-state index is 0.00966. The predicted octanol–water partition coefficient (Wildman–Crippen LogP) is 5.24. The van der Waals surface area contributed by atoms with Crippen LogP contribution in [0.3, 0.4) is 0 Å². The summed E-state index contributed by atoms with van der Waals surface area (Å²) in [4.78, 5) is 16.9. The van der Waals surface area contributed by atoms with Crippen LogP contribution in [0.15, 0.2) is 47.4 Å². The number of aryl methyl sites for hydroxylation is 1. The number of benzene rings is 2. The molecule has 0 spiro atoms. The number of piperazine rings is 1. The molecule has 0 bridgehead atoms. The van der Waals surface area contributed by atoms with E-state index in [0.717, 1.165) is 6.42 Å². The van der Waals surface area contributed by atoms with Gasteiger partial charge in [-0.1, -0.05) is 30.3 Å². The number of nitrogens with zero attached hydrogens (tertiary/aromatic N) is 2. The van der Waals surface area contributed by atoms with Gasteiger partial charge >= 0.3 is 6.18 Å². The molecule has 0 radical (unpaired) electrons. The third kappa shape index (κ3) is 5.17. The maximum absolute atomic E-state index is 14.6. The van der Waals surface area contributed by atoms with E-state index in [0.29, 0.717) is 54.1 Å². The largest absolute Gasteiger partial charge is 0.398 e. The average molecular weight is 453 g/mol. The number of alkyl halides is 3. The second-order valence-electron chi connectivity index (χ2n) is 8.14. The van der Waals surface area contributed by atoms with Gasteiger partial charge in [0.05, 0.1) is 11.4 Å². The van der Waals surface area contributed by atoms with Crippen molar-refractivity contribution >= 4 is 23.4 Å². The molecule has 4 rings (SSSR count). The summed E-state index contributed by atoms with van der Waals surface area (Å²) in [6, 6.07) is 12.8. The van der Waals surface area contributed by atoms with Gasteiger partial charge < -0.3 is 9.80 Å². The van der Waals surface area contributed by atoms with Crippen LogP contribution in [0.2, 0.25) is 0 Å². The van der Waals surface area contributed by atoms with E-state index in [1.54, 1.807) is 6.92 Å². The molecule has 2 unspecified atom stereocenters. The third-order valence-corrected chi connectivity index (χ3v) is 7.13. The second-order valence-corrected chi connectivity index (χ2v) is 9.16. The number of carbonyl (C=O) groups excluding carboxylic acids is 1. The molecule has 1 heterocycles.